The summed E-state index contributed by atoms with van der Waals surface area (Å²) in [7, 11) is 1.79. The molecule has 1 fully saturated rings. The highest BCUT2D eigenvalue weighted by Crippen LogP contribution is 2.28. The van der Waals surface area contributed by atoms with Crippen molar-refractivity contribution in [2.45, 2.75) is 32.3 Å². The summed E-state index contributed by atoms with van der Waals surface area (Å²) in [6, 6.07) is 0. The molecule has 0 aliphatic heterocycles. The minimum atomic E-state index is 0.432. The van der Waals surface area contributed by atoms with Crippen LogP contribution in [-0.2, 0) is 4.74 Å². The monoisotopic (exact) mass is 140 g/mol. The summed E-state index contributed by atoms with van der Waals surface area (Å²) >= 11 is 0. The molecule has 1 aliphatic carbocycles. The Balaban J connectivity index is 2.45. The van der Waals surface area contributed by atoms with E-state index in [0.29, 0.717) is 6.10 Å². The lowest BCUT2D eigenvalue weighted by atomic mass is 9.85. The van der Waals surface area contributed by atoms with E-state index in [0.717, 1.165) is 12.3 Å². The zero-order chi connectivity index (χ0) is 7.56. The van der Waals surface area contributed by atoms with Crippen molar-refractivity contribution < 1.29 is 4.74 Å². The molecular formula is C9H16O. The first kappa shape index (κ1) is 7.80. The van der Waals surface area contributed by atoms with Crippen molar-refractivity contribution in [3.05, 3.63) is 12.2 Å². The van der Waals surface area contributed by atoms with Gasteiger partial charge in [0.15, 0.2) is 0 Å². The van der Waals surface area contributed by atoms with Gasteiger partial charge in [-0.05, 0) is 25.2 Å². The minimum Gasteiger partial charge on any atom is -0.381 e. The molecule has 2 atom stereocenters. The highest BCUT2D eigenvalue weighted by molar-refractivity contribution is 5.01. The van der Waals surface area contributed by atoms with Crippen LogP contribution in [-0.4, -0.2) is 13.2 Å². The zero-order valence-electron chi connectivity index (χ0n) is 6.89. The van der Waals surface area contributed by atoms with Crippen LogP contribution in [0.25, 0.3) is 0 Å². The van der Waals surface area contributed by atoms with Crippen LogP contribution in [0.15, 0.2) is 12.2 Å². The molecule has 0 bridgehead atoms. The third-order valence-corrected chi connectivity index (χ3v) is 2.38. The summed E-state index contributed by atoms with van der Waals surface area (Å²) in [5.74, 6) is 0.718. The van der Waals surface area contributed by atoms with Crippen molar-refractivity contribution in [1.82, 2.24) is 0 Å². The third-order valence-electron chi connectivity index (χ3n) is 2.38. The Morgan fingerprint density at radius 2 is 2.30 bits per heavy atom. The van der Waals surface area contributed by atoms with Crippen molar-refractivity contribution in [1.29, 1.82) is 0 Å². The van der Waals surface area contributed by atoms with Crippen LogP contribution < -0.4 is 0 Å². The molecule has 2 unspecified atom stereocenters. The Hall–Kier alpha value is -0.300. The highest BCUT2D eigenvalue weighted by atomic mass is 16.5. The number of ether oxygens (including phenoxy) is 1. The second-order valence-electron chi connectivity index (χ2n) is 3.24. The second-order valence-corrected chi connectivity index (χ2v) is 3.24. The first-order valence-corrected chi connectivity index (χ1v) is 3.93. The predicted octanol–water partition coefficient (Wildman–Crippen LogP) is 2.38. The number of hydrogen-bond donors (Lipinski definition) is 0. The fourth-order valence-electron chi connectivity index (χ4n) is 1.52. The van der Waals surface area contributed by atoms with Gasteiger partial charge >= 0.3 is 0 Å². The molecule has 1 heteroatoms. The molecule has 1 aliphatic rings. The van der Waals surface area contributed by atoms with Crippen molar-refractivity contribution in [2.24, 2.45) is 5.92 Å². The molecule has 1 saturated carbocycles. The minimum absolute atomic E-state index is 0.432. The largest absolute Gasteiger partial charge is 0.381 e. The topological polar surface area (TPSA) is 9.23 Å². The van der Waals surface area contributed by atoms with Gasteiger partial charge in [0.05, 0.1) is 6.10 Å². The lowest BCUT2D eigenvalue weighted by Crippen LogP contribution is -2.24. The van der Waals surface area contributed by atoms with E-state index in [9.17, 15) is 0 Å². The fraction of sp³-hybridized carbons (Fsp3) is 0.778. The Labute approximate surface area is 63.1 Å². The molecule has 0 N–H and O–H groups in total. The molecule has 0 saturated heterocycles. The molecule has 58 valence electrons. The van der Waals surface area contributed by atoms with Crippen LogP contribution in [0.4, 0.5) is 0 Å². The molecule has 0 spiro atoms. The Kier molecular flexibility index (Phi) is 2.50. The first-order chi connectivity index (χ1) is 4.74. The SMILES string of the molecule is C=C1CCC(C)C(OC)C1. The standard InChI is InChI=1S/C9H16O/c1-7-4-5-8(2)9(6-7)10-3/h8-9H,1,4-6H2,2-3H3. The van der Waals surface area contributed by atoms with E-state index in [2.05, 4.69) is 13.5 Å². The third kappa shape index (κ3) is 1.60. The van der Waals surface area contributed by atoms with E-state index >= 15 is 0 Å². The van der Waals surface area contributed by atoms with Crippen molar-refractivity contribution in [3.8, 4) is 0 Å². The number of hydrogen-bond acceptors (Lipinski definition) is 1. The molecule has 0 aromatic rings. The van der Waals surface area contributed by atoms with Gasteiger partial charge in [0.1, 0.15) is 0 Å². The molecule has 0 aromatic heterocycles. The molecule has 0 heterocycles. The normalized spacial score (nSPS) is 34.4. The second kappa shape index (κ2) is 3.20. The number of rotatable bonds is 1. The summed E-state index contributed by atoms with van der Waals surface area (Å²) in [6.07, 6.45) is 3.94. The Morgan fingerprint density at radius 3 is 2.80 bits per heavy atom. The summed E-state index contributed by atoms with van der Waals surface area (Å²) in [4.78, 5) is 0. The average Bonchev–Trinajstić information content (AvgIpc) is 1.94. The molecule has 0 amide bonds. The summed E-state index contributed by atoms with van der Waals surface area (Å²) in [5.41, 5.74) is 1.35. The van der Waals surface area contributed by atoms with Gasteiger partial charge < -0.3 is 4.74 Å². The van der Waals surface area contributed by atoms with Crippen LogP contribution in [0.1, 0.15) is 26.2 Å². The molecular weight excluding hydrogens is 124 g/mol. The van der Waals surface area contributed by atoms with Crippen molar-refractivity contribution in [2.75, 3.05) is 7.11 Å². The van der Waals surface area contributed by atoms with E-state index in [-0.39, 0.29) is 0 Å². The summed E-state index contributed by atoms with van der Waals surface area (Å²) in [6.45, 7) is 6.22. The van der Waals surface area contributed by atoms with Gasteiger partial charge in [-0.3, -0.25) is 0 Å². The van der Waals surface area contributed by atoms with E-state index in [1.807, 2.05) is 0 Å². The van der Waals surface area contributed by atoms with Gasteiger partial charge in [0.2, 0.25) is 0 Å². The van der Waals surface area contributed by atoms with Crippen LogP contribution in [0.3, 0.4) is 0 Å². The fourth-order valence-corrected chi connectivity index (χ4v) is 1.52. The lowest BCUT2D eigenvalue weighted by Gasteiger charge is -2.28. The quantitative estimate of drug-likeness (QED) is 0.508. The van der Waals surface area contributed by atoms with Crippen LogP contribution in [0.2, 0.25) is 0 Å². The van der Waals surface area contributed by atoms with Crippen molar-refractivity contribution >= 4 is 0 Å². The van der Waals surface area contributed by atoms with Gasteiger partial charge in [-0.2, -0.15) is 0 Å². The van der Waals surface area contributed by atoms with Crippen LogP contribution in [0.5, 0.6) is 0 Å². The van der Waals surface area contributed by atoms with Gasteiger partial charge in [-0.1, -0.05) is 19.1 Å². The lowest BCUT2D eigenvalue weighted by molar-refractivity contribution is 0.0454. The number of methoxy groups -OCH3 is 1. The summed E-state index contributed by atoms with van der Waals surface area (Å²) < 4.78 is 5.31. The predicted molar refractivity (Wildman–Crippen MR) is 43.0 cm³/mol. The average molecular weight is 140 g/mol. The van der Waals surface area contributed by atoms with E-state index in [1.165, 1.54) is 18.4 Å². The maximum Gasteiger partial charge on any atom is 0.0633 e. The molecule has 0 aromatic carbocycles. The van der Waals surface area contributed by atoms with Gasteiger partial charge in [-0.25, -0.2) is 0 Å². The Bertz CT molecular complexity index is 129. The van der Waals surface area contributed by atoms with E-state index < -0.39 is 0 Å². The first-order valence-electron chi connectivity index (χ1n) is 3.93. The maximum absolute atomic E-state index is 5.31. The van der Waals surface area contributed by atoms with Crippen molar-refractivity contribution in [3.63, 3.8) is 0 Å². The Morgan fingerprint density at radius 1 is 1.60 bits per heavy atom. The molecule has 10 heavy (non-hydrogen) atoms. The van der Waals surface area contributed by atoms with Crippen LogP contribution >= 0.6 is 0 Å². The smallest absolute Gasteiger partial charge is 0.0633 e. The van der Waals surface area contributed by atoms with Gasteiger partial charge in [0.25, 0.3) is 0 Å². The summed E-state index contributed by atoms with van der Waals surface area (Å²) in [5, 5.41) is 0. The molecule has 1 rings (SSSR count). The van der Waals surface area contributed by atoms with E-state index in [4.69, 9.17) is 4.74 Å². The zero-order valence-corrected chi connectivity index (χ0v) is 6.89. The highest BCUT2D eigenvalue weighted by Gasteiger charge is 2.22. The van der Waals surface area contributed by atoms with E-state index in [1.54, 1.807) is 7.11 Å². The molecule has 1 nitrogen and oxygen atoms in total. The van der Waals surface area contributed by atoms with Gasteiger partial charge in [-0.15, -0.1) is 0 Å². The van der Waals surface area contributed by atoms with Gasteiger partial charge in [0, 0.05) is 7.11 Å². The van der Waals surface area contributed by atoms with Crippen LogP contribution in [0, 0.1) is 5.92 Å². The maximum atomic E-state index is 5.31. The molecule has 0 radical (unpaired) electrons.